The molecule has 0 amide bonds. The van der Waals surface area contributed by atoms with Gasteiger partial charge in [0.05, 0.1) is 12.7 Å². The molecule has 3 nitrogen and oxygen atoms in total. The van der Waals surface area contributed by atoms with Crippen molar-refractivity contribution in [1.29, 1.82) is 0 Å². The van der Waals surface area contributed by atoms with Crippen LogP contribution in [0.1, 0.15) is 27.7 Å². The molecule has 4 heteroatoms. The molecule has 0 radical (unpaired) electrons. The second kappa shape index (κ2) is 6.68. The molecule has 2 atom stereocenters. The summed E-state index contributed by atoms with van der Waals surface area (Å²) < 4.78 is 11.1. The molecule has 0 aromatic carbocycles. The minimum atomic E-state index is -1.67. The van der Waals surface area contributed by atoms with E-state index >= 15 is 0 Å². The fourth-order valence-corrected chi connectivity index (χ4v) is 2.04. The predicted molar refractivity (Wildman–Crippen MR) is 74.8 cm³/mol. The van der Waals surface area contributed by atoms with E-state index in [1.54, 1.807) is 14.0 Å². The van der Waals surface area contributed by atoms with Crippen LogP contribution in [0.4, 0.5) is 0 Å². The van der Waals surface area contributed by atoms with Crippen molar-refractivity contribution in [3.8, 4) is 0 Å². The Hall–Kier alpha value is -0.163. The fraction of sp³-hybridized carbons (Fsp3) is 0.846. The quantitative estimate of drug-likeness (QED) is 0.589. The third-order valence-electron chi connectivity index (χ3n) is 3.42. The largest absolute Gasteiger partial charge is 0.413 e. The van der Waals surface area contributed by atoms with E-state index in [1.807, 2.05) is 12.2 Å². The highest BCUT2D eigenvalue weighted by molar-refractivity contribution is 6.74. The van der Waals surface area contributed by atoms with Crippen LogP contribution in [0.3, 0.4) is 0 Å². The zero-order valence-corrected chi connectivity index (χ0v) is 13.3. The Balaban J connectivity index is 4.19. The highest BCUT2D eigenvalue weighted by Crippen LogP contribution is 2.36. The first kappa shape index (κ1) is 16.8. The second-order valence-corrected chi connectivity index (χ2v) is 10.7. The Morgan fingerprint density at radius 3 is 2.18 bits per heavy atom. The van der Waals surface area contributed by atoms with E-state index in [0.717, 1.165) is 0 Å². The maximum Gasteiger partial charge on any atom is 0.192 e. The van der Waals surface area contributed by atoms with Crippen molar-refractivity contribution >= 4 is 8.32 Å². The number of aliphatic hydroxyl groups is 1. The van der Waals surface area contributed by atoms with Gasteiger partial charge in [-0.05, 0) is 25.1 Å². The van der Waals surface area contributed by atoms with Crippen LogP contribution < -0.4 is 0 Å². The first-order valence-corrected chi connectivity index (χ1v) is 9.04. The van der Waals surface area contributed by atoms with Crippen molar-refractivity contribution < 1.29 is 14.3 Å². The maximum atomic E-state index is 9.39. The van der Waals surface area contributed by atoms with Gasteiger partial charge in [-0.25, -0.2) is 0 Å². The first-order valence-electron chi connectivity index (χ1n) is 6.13. The number of hydrogen-bond acceptors (Lipinski definition) is 3. The molecule has 0 unspecified atom stereocenters. The van der Waals surface area contributed by atoms with E-state index in [1.165, 1.54) is 0 Å². The third-order valence-corrected chi connectivity index (χ3v) is 7.92. The normalized spacial score (nSPS) is 17.4. The standard InChI is InChI=1S/C13H28O3Si/c1-11(14)12(15-5)9-8-10-16-17(6,7)13(2,3)4/h8-9,11-12,14H,10H2,1-7H3/b9-8+/t11-,12+/m0/s1. The summed E-state index contributed by atoms with van der Waals surface area (Å²) >= 11 is 0. The van der Waals surface area contributed by atoms with Crippen LogP contribution in [-0.4, -0.2) is 39.3 Å². The number of hydrogen-bond donors (Lipinski definition) is 1. The van der Waals surface area contributed by atoms with E-state index in [9.17, 15) is 5.11 Å². The molecular weight excluding hydrogens is 232 g/mol. The van der Waals surface area contributed by atoms with Gasteiger partial charge >= 0.3 is 0 Å². The van der Waals surface area contributed by atoms with Gasteiger partial charge in [-0.15, -0.1) is 0 Å². The summed E-state index contributed by atoms with van der Waals surface area (Å²) in [4.78, 5) is 0. The molecule has 0 aliphatic rings. The lowest BCUT2D eigenvalue weighted by Gasteiger charge is -2.35. The van der Waals surface area contributed by atoms with E-state index in [-0.39, 0.29) is 11.1 Å². The molecule has 0 aliphatic heterocycles. The summed E-state index contributed by atoms with van der Waals surface area (Å²) in [5.74, 6) is 0. The van der Waals surface area contributed by atoms with E-state index in [0.29, 0.717) is 6.61 Å². The summed E-state index contributed by atoms with van der Waals surface area (Å²) in [6, 6.07) is 0. The Morgan fingerprint density at radius 1 is 1.29 bits per heavy atom. The van der Waals surface area contributed by atoms with E-state index in [2.05, 4.69) is 33.9 Å². The van der Waals surface area contributed by atoms with Gasteiger partial charge < -0.3 is 14.3 Å². The summed E-state index contributed by atoms with van der Waals surface area (Å²) in [7, 11) is -0.0752. The molecule has 0 bridgehead atoms. The topological polar surface area (TPSA) is 38.7 Å². The van der Waals surface area contributed by atoms with Crippen LogP contribution in [0.5, 0.6) is 0 Å². The van der Waals surface area contributed by atoms with Crippen molar-refractivity contribution in [1.82, 2.24) is 0 Å². The van der Waals surface area contributed by atoms with Gasteiger partial charge in [0.2, 0.25) is 0 Å². The van der Waals surface area contributed by atoms with Crippen molar-refractivity contribution in [3.63, 3.8) is 0 Å². The molecule has 0 heterocycles. The maximum absolute atomic E-state index is 9.39. The number of ether oxygens (including phenoxy) is 1. The molecule has 17 heavy (non-hydrogen) atoms. The van der Waals surface area contributed by atoms with Crippen LogP contribution in [0, 0.1) is 0 Å². The molecule has 0 spiro atoms. The first-order chi connectivity index (χ1) is 7.62. The van der Waals surface area contributed by atoms with E-state index < -0.39 is 14.4 Å². The lowest BCUT2D eigenvalue weighted by molar-refractivity contribution is 0.0274. The van der Waals surface area contributed by atoms with Gasteiger partial charge in [0.15, 0.2) is 8.32 Å². The highest BCUT2D eigenvalue weighted by Gasteiger charge is 2.36. The average Bonchev–Trinajstić information content (AvgIpc) is 2.15. The molecule has 102 valence electrons. The molecule has 1 N–H and O–H groups in total. The van der Waals surface area contributed by atoms with Crippen LogP contribution in [0.25, 0.3) is 0 Å². The lowest BCUT2D eigenvalue weighted by atomic mass is 10.2. The van der Waals surface area contributed by atoms with Crippen LogP contribution in [0.2, 0.25) is 18.1 Å². The van der Waals surface area contributed by atoms with Crippen LogP contribution in [-0.2, 0) is 9.16 Å². The molecule has 0 fully saturated rings. The fourth-order valence-electron chi connectivity index (χ4n) is 1.10. The zero-order chi connectivity index (χ0) is 13.7. The Kier molecular flexibility index (Phi) is 6.62. The van der Waals surface area contributed by atoms with Crippen LogP contribution >= 0.6 is 0 Å². The smallest absolute Gasteiger partial charge is 0.192 e. The number of aliphatic hydroxyl groups excluding tert-OH is 1. The van der Waals surface area contributed by atoms with Gasteiger partial charge in [-0.2, -0.15) is 0 Å². The molecule has 0 aromatic rings. The summed E-state index contributed by atoms with van der Waals surface area (Å²) in [5.41, 5.74) is 0. The predicted octanol–water partition coefficient (Wildman–Crippen LogP) is 2.96. The second-order valence-electron chi connectivity index (χ2n) is 5.94. The van der Waals surface area contributed by atoms with Gasteiger partial charge in [0, 0.05) is 7.11 Å². The molecular formula is C13H28O3Si. The van der Waals surface area contributed by atoms with Crippen LogP contribution in [0.15, 0.2) is 12.2 Å². The molecule has 0 saturated heterocycles. The van der Waals surface area contributed by atoms with E-state index in [4.69, 9.17) is 9.16 Å². The molecule has 0 aromatic heterocycles. The monoisotopic (exact) mass is 260 g/mol. The Morgan fingerprint density at radius 2 is 1.82 bits per heavy atom. The summed E-state index contributed by atoms with van der Waals surface area (Å²) in [6.07, 6.45) is 3.04. The minimum absolute atomic E-state index is 0.228. The van der Waals surface area contributed by atoms with Crippen molar-refractivity contribution in [2.24, 2.45) is 0 Å². The van der Waals surface area contributed by atoms with Gasteiger partial charge in [-0.3, -0.25) is 0 Å². The lowest BCUT2D eigenvalue weighted by Crippen LogP contribution is -2.40. The van der Waals surface area contributed by atoms with Gasteiger partial charge in [0.1, 0.15) is 6.10 Å². The highest BCUT2D eigenvalue weighted by atomic mass is 28.4. The third kappa shape index (κ3) is 5.81. The average molecular weight is 260 g/mol. The number of rotatable bonds is 6. The summed E-state index contributed by atoms with van der Waals surface area (Å²) in [5, 5.41) is 9.62. The zero-order valence-electron chi connectivity index (χ0n) is 12.3. The Bertz CT molecular complexity index is 242. The number of methoxy groups -OCH3 is 1. The minimum Gasteiger partial charge on any atom is -0.413 e. The van der Waals surface area contributed by atoms with Crippen molar-refractivity contribution in [3.05, 3.63) is 12.2 Å². The van der Waals surface area contributed by atoms with Gasteiger partial charge in [0.25, 0.3) is 0 Å². The van der Waals surface area contributed by atoms with Gasteiger partial charge in [-0.1, -0.05) is 32.9 Å². The van der Waals surface area contributed by atoms with Crippen molar-refractivity contribution in [2.45, 2.75) is 58.0 Å². The Labute approximate surface area is 107 Å². The summed E-state index contributed by atoms with van der Waals surface area (Å²) in [6.45, 7) is 13.4. The van der Waals surface area contributed by atoms with Crippen molar-refractivity contribution in [2.75, 3.05) is 13.7 Å². The SMILES string of the molecule is CO[C@H](/C=C/CO[Si](C)(C)C(C)(C)C)[C@H](C)O. The molecule has 0 rings (SSSR count). The molecule has 0 aliphatic carbocycles. The molecule has 0 saturated carbocycles.